The number of amides is 1. The van der Waals surface area contributed by atoms with Gasteiger partial charge in [-0.25, -0.2) is 4.99 Å². The van der Waals surface area contributed by atoms with E-state index in [2.05, 4.69) is 57.4 Å². The fourth-order valence-electron chi connectivity index (χ4n) is 3.63. The summed E-state index contributed by atoms with van der Waals surface area (Å²) >= 11 is 4.73. The van der Waals surface area contributed by atoms with E-state index in [0.29, 0.717) is 28.2 Å². The van der Waals surface area contributed by atoms with Gasteiger partial charge in [0.2, 0.25) is 0 Å². The third-order valence-electron chi connectivity index (χ3n) is 5.22. The maximum Gasteiger partial charge on any atom is 0.272 e. The van der Waals surface area contributed by atoms with Crippen LogP contribution in [0.2, 0.25) is 0 Å². The number of rotatable bonds is 2. The lowest BCUT2D eigenvalue weighted by molar-refractivity contribution is -0.110. The van der Waals surface area contributed by atoms with Crippen molar-refractivity contribution >= 4 is 50.1 Å². The fourth-order valence-corrected chi connectivity index (χ4v) is 5.05. The second-order valence-corrected chi connectivity index (χ2v) is 8.86. The molecule has 0 unspecified atom stereocenters. The van der Waals surface area contributed by atoms with Crippen LogP contribution in [-0.4, -0.2) is 17.1 Å². The number of thiazole rings is 1. The minimum absolute atomic E-state index is 0.179. The summed E-state index contributed by atoms with van der Waals surface area (Å²) in [4.78, 5) is 33.1. The minimum atomic E-state index is -0.249. The van der Waals surface area contributed by atoms with Gasteiger partial charge in [0.15, 0.2) is 4.80 Å². The van der Waals surface area contributed by atoms with E-state index in [9.17, 15) is 9.59 Å². The van der Waals surface area contributed by atoms with Crippen LogP contribution in [0.1, 0.15) is 18.1 Å². The Kier molecular flexibility index (Phi) is 4.40. The van der Waals surface area contributed by atoms with Crippen molar-refractivity contribution in [2.75, 3.05) is 16.9 Å². The van der Waals surface area contributed by atoms with Crippen molar-refractivity contribution in [1.29, 1.82) is 0 Å². The zero-order chi connectivity index (χ0) is 20.1. The zero-order valence-electron chi connectivity index (χ0n) is 15.6. The van der Waals surface area contributed by atoms with E-state index in [-0.39, 0.29) is 11.5 Å². The third-order valence-corrected chi connectivity index (χ3v) is 6.82. The molecule has 0 aliphatic carbocycles. The first-order valence-corrected chi connectivity index (χ1v) is 10.9. The molecule has 29 heavy (non-hydrogen) atoms. The number of aryl methyl sites for hydroxylation is 1. The van der Waals surface area contributed by atoms with Gasteiger partial charge in [0.1, 0.15) is 17.9 Å². The molecular weight excluding hydrogens is 452 g/mol. The molecule has 1 N–H and O–H groups in total. The molecule has 0 saturated carbocycles. The quantitative estimate of drug-likeness (QED) is 0.627. The minimum Gasteiger partial charge on any atom is -0.334 e. The molecule has 3 aromatic rings. The molecule has 8 heteroatoms. The van der Waals surface area contributed by atoms with Gasteiger partial charge in [0.05, 0.1) is 5.57 Å². The predicted molar refractivity (Wildman–Crippen MR) is 118 cm³/mol. The Morgan fingerprint density at radius 3 is 2.72 bits per heavy atom. The number of nitrogens with zero attached hydrogens (tertiary/aromatic N) is 3. The maximum atomic E-state index is 13.2. The molecule has 0 bridgehead atoms. The number of halogens is 1. The second kappa shape index (κ2) is 6.96. The van der Waals surface area contributed by atoms with Crippen molar-refractivity contribution in [3.8, 4) is 0 Å². The lowest BCUT2D eigenvalue weighted by Gasteiger charge is -2.25. The molecular formula is C21H17BrN4O2S. The molecule has 146 valence electrons. The van der Waals surface area contributed by atoms with E-state index >= 15 is 0 Å². The Labute approximate surface area is 178 Å². The Bertz CT molecular complexity index is 1320. The van der Waals surface area contributed by atoms with Crippen LogP contribution in [0.4, 0.5) is 11.4 Å². The molecule has 5 rings (SSSR count). The number of anilines is 2. The Morgan fingerprint density at radius 1 is 1.17 bits per heavy atom. The van der Waals surface area contributed by atoms with Crippen molar-refractivity contribution in [1.82, 2.24) is 4.57 Å². The SMILES string of the molecule is CCc1ccc(N2CN=c3s/c(=C4\C(=O)Nc5ccc(Br)cc54)c(=O)n3C2)cc1. The van der Waals surface area contributed by atoms with Crippen LogP contribution in [0, 0.1) is 0 Å². The highest BCUT2D eigenvalue weighted by Crippen LogP contribution is 2.32. The third kappa shape index (κ3) is 3.03. The van der Waals surface area contributed by atoms with E-state index in [1.807, 2.05) is 23.1 Å². The van der Waals surface area contributed by atoms with Crippen LogP contribution in [0.25, 0.3) is 5.57 Å². The molecule has 2 aliphatic heterocycles. The van der Waals surface area contributed by atoms with Gasteiger partial charge in [0, 0.05) is 21.4 Å². The Morgan fingerprint density at radius 2 is 1.97 bits per heavy atom. The van der Waals surface area contributed by atoms with E-state index < -0.39 is 0 Å². The number of benzene rings is 2. The number of hydrogen-bond donors (Lipinski definition) is 1. The van der Waals surface area contributed by atoms with Crippen molar-refractivity contribution in [2.24, 2.45) is 4.99 Å². The standard InChI is InChI=1S/C21H17BrN4O2S/c1-2-12-3-6-14(7-4-12)25-10-23-21-26(11-25)20(28)18(29-21)17-15-9-13(22)5-8-16(15)24-19(17)27/h3-9H,2,10-11H2,1H3,(H,24,27)/b18-17-. The summed E-state index contributed by atoms with van der Waals surface area (Å²) in [6.45, 7) is 3.02. The summed E-state index contributed by atoms with van der Waals surface area (Å²) in [5.41, 5.74) is 4.00. The average molecular weight is 469 g/mol. The molecule has 0 saturated heterocycles. The van der Waals surface area contributed by atoms with Gasteiger partial charge in [-0.15, -0.1) is 0 Å². The van der Waals surface area contributed by atoms with E-state index in [0.717, 1.165) is 27.8 Å². The number of hydrogen-bond acceptors (Lipinski definition) is 5. The van der Waals surface area contributed by atoms with E-state index in [1.165, 1.54) is 16.9 Å². The average Bonchev–Trinajstić information content (AvgIpc) is 3.23. The first kappa shape index (κ1) is 18.3. The van der Waals surface area contributed by atoms with Gasteiger partial charge < -0.3 is 10.2 Å². The highest BCUT2D eigenvalue weighted by Gasteiger charge is 2.28. The molecule has 0 fully saturated rings. The molecule has 1 amide bonds. The van der Waals surface area contributed by atoms with Crippen LogP contribution in [0.15, 0.2) is 56.7 Å². The molecule has 0 spiro atoms. The molecule has 0 atom stereocenters. The van der Waals surface area contributed by atoms with Gasteiger partial charge in [-0.2, -0.15) is 0 Å². The number of aromatic nitrogens is 1. The van der Waals surface area contributed by atoms with Gasteiger partial charge in [-0.05, 0) is 42.3 Å². The topological polar surface area (TPSA) is 66.7 Å². The predicted octanol–water partition coefficient (Wildman–Crippen LogP) is 2.44. The lowest BCUT2D eigenvalue weighted by atomic mass is 10.1. The maximum absolute atomic E-state index is 13.2. The normalized spacial score (nSPS) is 16.9. The van der Waals surface area contributed by atoms with Crippen LogP contribution >= 0.6 is 27.3 Å². The van der Waals surface area contributed by atoms with Crippen LogP contribution in [0.5, 0.6) is 0 Å². The number of fused-ring (bicyclic) bond motifs is 2. The smallest absolute Gasteiger partial charge is 0.272 e. The molecule has 6 nitrogen and oxygen atoms in total. The van der Waals surface area contributed by atoms with Gasteiger partial charge in [-0.3, -0.25) is 14.2 Å². The summed E-state index contributed by atoms with van der Waals surface area (Å²) in [6, 6.07) is 13.9. The van der Waals surface area contributed by atoms with Gasteiger partial charge in [-0.1, -0.05) is 46.3 Å². The van der Waals surface area contributed by atoms with E-state index in [1.54, 1.807) is 4.57 Å². The Hall–Kier alpha value is -2.71. The number of nitrogens with one attached hydrogen (secondary N) is 1. The summed E-state index contributed by atoms with van der Waals surface area (Å²) in [7, 11) is 0. The van der Waals surface area contributed by atoms with Gasteiger partial charge in [0.25, 0.3) is 11.5 Å². The summed E-state index contributed by atoms with van der Waals surface area (Å²) in [5.74, 6) is -0.249. The van der Waals surface area contributed by atoms with Gasteiger partial charge >= 0.3 is 0 Å². The largest absolute Gasteiger partial charge is 0.334 e. The molecule has 2 aliphatic rings. The second-order valence-electron chi connectivity index (χ2n) is 6.97. The molecule has 3 heterocycles. The van der Waals surface area contributed by atoms with E-state index in [4.69, 9.17) is 0 Å². The van der Waals surface area contributed by atoms with Crippen molar-refractivity contribution < 1.29 is 4.79 Å². The molecule has 1 aromatic heterocycles. The van der Waals surface area contributed by atoms with Crippen LogP contribution in [0.3, 0.4) is 0 Å². The van der Waals surface area contributed by atoms with Crippen molar-refractivity contribution in [2.45, 2.75) is 20.0 Å². The highest BCUT2D eigenvalue weighted by atomic mass is 79.9. The monoisotopic (exact) mass is 468 g/mol. The van der Waals surface area contributed by atoms with Crippen molar-refractivity contribution in [3.05, 3.63) is 77.8 Å². The number of carbonyl (C=O) groups excluding carboxylic acids is 1. The highest BCUT2D eigenvalue weighted by molar-refractivity contribution is 9.10. The summed E-state index contributed by atoms with van der Waals surface area (Å²) in [6.07, 6.45) is 0.987. The first-order valence-electron chi connectivity index (χ1n) is 9.28. The summed E-state index contributed by atoms with van der Waals surface area (Å²) in [5, 5.41) is 2.85. The van der Waals surface area contributed by atoms with Crippen LogP contribution in [-0.2, 0) is 17.9 Å². The molecule has 0 radical (unpaired) electrons. The molecule has 2 aromatic carbocycles. The zero-order valence-corrected chi connectivity index (χ0v) is 18.0. The number of carbonyl (C=O) groups is 1. The fraction of sp³-hybridized carbons (Fsp3) is 0.190. The first-order chi connectivity index (χ1) is 14.0. The summed E-state index contributed by atoms with van der Waals surface area (Å²) < 4.78 is 2.94. The lowest BCUT2D eigenvalue weighted by Crippen LogP contribution is -2.43. The Balaban J connectivity index is 1.61. The van der Waals surface area contributed by atoms with Crippen molar-refractivity contribution in [3.63, 3.8) is 0 Å². The van der Waals surface area contributed by atoms with Crippen LogP contribution < -0.4 is 25.1 Å².